The van der Waals surface area contributed by atoms with Gasteiger partial charge in [0.2, 0.25) is 0 Å². The van der Waals surface area contributed by atoms with Crippen LogP contribution in [0.5, 0.6) is 0 Å². The van der Waals surface area contributed by atoms with Gasteiger partial charge in [-0.15, -0.1) is 10.2 Å². The fourth-order valence-electron chi connectivity index (χ4n) is 0.253. The molecule has 0 saturated carbocycles. The predicted molar refractivity (Wildman–Crippen MR) is 27.3 cm³/mol. The van der Waals surface area contributed by atoms with Gasteiger partial charge in [-0.3, -0.25) is 0 Å². The van der Waals surface area contributed by atoms with E-state index < -0.39 is 10.3 Å². The van der Waals surface area contributed by atoms with Crippen molar-refractivity contribution in [1.29, 1.82) is 0 Å². The Bertz CT molecular complexity index is 250. The van der Waals surface area contributed by atoms with Crippen LogP contribution >= 0.6 is 0 Å². The molecule has 0 fully saturated rings. The van der Waals surface area contributed by atoms with Crippen LogP contribution in [0.2, 0.25) is 0 Å². The third kappa shape index (κ3) is 0.784. The van der Waals surface area contributed by atoms with Gasteiger partial charge in [0, 0.05) is 0 Å². The number of hydrogen-bond acceptors (Lipinski definition) is 3. The summed E-state index contributed by atoms with van der Waals surface area (Å²) in [7, 11) is -2.33. The van der Waals surface area contributed by atoms with E-state index in [2.05, 4.69) is 15.2 Å². The molecule has 0 aromatic heterocycles. The number of aliphatic imine (C=N–C) groups is 1. The first-order valence-corrected chi connectivity index (χ1v) is 2.78. The molecule has 8 heavy (non-hydrogen) atoms. The topological polar surface area (TPSA) is 71.2 Å². The van der Waals surface area contributed by atoms with Gasteiger partial charge in [0.15, 0.2) is 0 Å². The minimum atomic E-state index is -2.33. The van der Waals surface area contributed by atoms with E-state index in [4.69, 9.17) is 0 Å². The summed E-state index contributed by atoms with van der Waals surface area (Å²) in [5.41, 5.74) is 0. The molecule has 0 aromatic rings. The van der Waals surface area contributed by atoms with E-state index >= 15 is 0 Å². The lowest BCUT2D eigenvalue weighted by Crippen LogP contribution is -1.82. The molecule has 0 bridgehead atoms. The summed E-state index contributed by atoms with van der Waals surface area (Å²) in [6, 6.07) is 0. The molecular weight excluding hydrogens is 130 g/mol. The van der Waals surface area contributed by atoms with Crippen LogP contribution < -0.4 is 0 Å². The first-order valence-electron chi connectivity index (χ1n) is 1.70. The molecule has 42 valence electrons. The van der Waals surface area contributed by atoms with Gasteiger partial charge in [-0.05, 0) is 0 Å². The van der Waals surface area contributed by atoms with Crippen LogP contribution in [-0.4, -0.2) is 19.9 Å². The molecule has 1 heterocycles. The second-order valence-electron chi connectivity index (χ2n) is 0.977. The Labute approximate surface area is 46.3 Å². The van der Waals surface area contributed by atoms with E-state index in [-0.39, 0.29) is 5.11 Å². The fraction of sp³-hybridized carbons (Fsp3) is 0. The molecule has 1 aliphatic heterocycles. The zero-order chi connectivity index (χ0) is 5.98. The number of rotatable bonds is 0. The lowest BCUT2D eigenvalue weighted by Gasteiger charge is -1.65. The molecule has 0 atom stereocenters. The smallest absolute Gasteiger partial charge is 0.200 e. The molecule has 1 rings (SSSR count). The van der Waals surface area contributed by atoms with Crippen molar-refractivity contribution in [1.82, 2.24) is 0 Å². The largest absolute Gasteiger partial charge is 0.297 e. The monoisotopic (exact) mass is 131 g/mol. The van der Waals surface area contributed by atoms with Gasteiger partial charge in [0.25, 0.3) is 15.4 Å². The van der Waals surface area contributed by atoms with Gasteiger partial charge >= 0.3 is 0 Å². The molecule has 6 heteroatoms. The van der Waals surface area contributed by atoms with E-state index in [0.29, 0.717) is 0 Å². The minimum Gasteiger partial charge on any atom is -0.200 e. The normalized spacial score (nSPS) is 15.2. The predicted octanol–water partition coefficient (Wildman–Crippen LogP) is -0.553. The molecule has 0 aromatic carbocycles. The SMILES string of the molecule is O=S(=O)=C1N=CN=N1. The highest BCUT2D eigenvalue weighted by atomic mass is 32.2. The van der Waals surface area contributed by atoms with Crippen molar-refractivity contribution in [3.63, 3.8) is 0 Å². The second kappa shape index (κ2) is 1.83. The standard InChI is InChI=1S/C2HN3O2S/c6-8(7)2-3-1-4-5-2/h1H. The highest BCUT2D eigenvalue weighted by Gasteiger charge is 1.96. The van der Waals surface area contributed by atoms with Crippen molar-refractivity contribution in [3.05, 3.63) is 0 Å². The summed E-state index contributed by atoms with van der Waals surface area (Å²) in [6.07, 6.45) is 1.07. The Balaban J connectivity index is 3.29. The van der Waals surface area contributed by atoms with Crippen LogP contribution in [0.15, 0.2) is 15.2 Å². The zero-order valence-corrected chi connectivity index (χ0v) is 4.46. The van der Waals surface area contributed by atoms with Gasteiger partial charge in [0.1, 0.15) is 6.34 Å². The Hall–Kier alpha value is -1.04. The van der Waals surface area contributed by atoms with Gasteiger partial charge in [-0.2, -0.15) is 13.4 Å². The third-order valence-electron chi connectivity index (χ3n) is 0.512. The van der Waals surface area contributed by atoms with Crippen molar-refractivity contribution >= 4 is 21.7 Å². The molecule has 1 aliphatic rings. The highest BCUT2D eigenvalue weighted by molar-refractivity contribution is 7.72. The summed E-state index contributed by atoms with van der Waals surface area (Å²) < 4.78 is 19.8. The number of azo groups is 1. The van der Waals surface area contributed by atoms with Crippen molar-refractivity contribution < 1.29 is 8.42 Å². The summed E-state index contributed by atoms with van der Waals surface area (Å²) in [5.74, 6) is 0. The van der Waals surface area contributed by atoms with Crippen molar-refractivity contribution in [2.24, 2.45) is 15.2 Å². The van der Waals surface area contributed by atoms with E-state index in [0.717, 1.165) is 6.34 Å². The van der Waals surface area contributed by atoms with Gasteiger partial charge < -0.3 is 0 Å². The van der Waals surface area contributed by atoms with E-state index in [9.17, 15) is 8.42 Å². The number of nitrogens with zero attached hydrogens (tertiary/aromatic N) is 3. The lowest BCUT2D eigenvalue weighted by atomic mass is 11.2. The summed E-state index contributed by atoms with van der Waals surface area (Å²) in [5, 5.41) is 6.07. The van der Waals surface area contributed by atoms with Gasteiger partial charge in [-0.25, -0.2) is 0 Å². The minimum absolute atomic E-state index is 0.259. The van der Waals surface area contributed by atoms with E-state index in [1.54, 1.807) is 0 Å². The third-order valence-corrected chi connectivity index (χ3v) is 0.997. The molecule has 5 nitrogen and oxygen atoms in total. The molecule has 0 unspecified atom stereocenters. The van der Waals surface area contributed by atoms with Crippen LogP contribution in [-0.2, 0) is 10.3 Å². The van der Waals surface area contributed by atoms with Crippen molar-refractivity contribution in [3.8, 4) is 0 Å². The fourth-order valence-corrected chi connectivity index (χ4v) is 0.500. The van der Waals surface area contributed by atoms with Crippen molar-refractivity contribution in [2.45, 2.75) is 0 Å². The summed E-state index contributed by atoms with van der Waals surface area (Å²) in [4.78, 5) is 3.28. The average molecular weight is 131 g/mol. The molecule has 0 radical (unpaired) electrons. The molecule has 0 amide bonds. The quantitative estimate of drug-likeness (QED) is 0.413. The first kappa shape index (κ1) is 5.10. The number of hydrogen-bond donors (Lipinski definition) is 0. The Morgan fingerprint density at radius 1 is 1.50 bits per heavy atom. The molecule has 0 N–H and O–H groups in total. The molecule has 0 saturated heterocycles. The van der Waals surface area contributed by atoms with E-state index in [1.807, 2.05) is 0 Å². The van der Waals surface area contributed by atoms with Crippen molar-refractivity contribution in [2.75, 3.05) is 0 Å². The summed E-state index contributed by atoms with van der Waals surface area (Å²) >= 11 is 0. The Morgan fingerprint density at radius 3 is 2.50 bits per heavy atom. The van der Waals surface area contributed by atoms with Crippen LogP contribution in [0.4, 0.5) is 0 Å². The maximum atomic E-state index is 9.90. The Kier molecular flexibility index (Phi) is 1.17. The van der Waals surface area contributed by atoms with E-state index in [1.165, 1.54) is 0 Å². The maximum Gasteiger partial charge on any atom is 0.297 e. The lowest BCUT2D eigenvalue weighted by molar-refractivity contribution is 0.626. The molecule has 0 aliphatic carbocycles. The molecular formula is C2HN3O2S. The average Bonchev–Trinajstić information content (AvgIpc) is 2.12. The highest BCUT2D eigenvalue weighted by Crippen LogP contribution is 1.87. The van der Waals surface area contributed by atoms with Crippen LogP contribution in [0.3, 0.4) is 0 Å². The molecule has 0 spiro atoms. The summed E-state index contributed by atoms with van der Waals surface area (Å²) in [6.45, 7) is 0. The zero-order valence-electron chi connectivity index (χ0n) is 3.64. The van der Waals surface area contributed by atoms with Crippen LogP contribution in [0, 0.1) is 0 Å². The van der Waals surface area contributed by atoms with Gasteiger partial charge in [-0.1, -0.05) is 0 Å². The maximum absolute atomic E-state index is 9.90. The van der Waals surface area contributed by atoms with Gasteiger partial charge in [0.05, 0.1) is 0 Å². The second-order valence-corrected chi connectivity index (χ2v) is 1.81. The first-order chi connectivity index (χ1) is 3.80. The van der Waals surface area contributed by atoms with Crippen LogP contribution in [0.1, 0.15) is 0 Å². The Morgan fingerprint density at radius 2 is 2.25 bits per heavy atom. The van der Waals surface area contributed by atoms with Crippen LogP contribution in [0.25, 0.3) is 0 Å².